The number of fused-ring (bicyclic) bond motifs is 1. The highest BCUT2D eigenvalue weighted by atomic mass is 35.5. The molecule has 0 fully saturated rings. The Kier molecular flexibility index (Phi) is 2.05. The maximum Gasteiger partial charge on any atom is 0.0455 e. The van der Waals surface area contributed by atoms with Crippen LogP contribution in [0.25, 0.3) is 0 Å². The van der Waals surface area contributed by atoms with Crippen molar-refractivity contribution in [2.24, 2.45) is 0 Å². The largest absolute Gasteiger partial charge is 0.0843 e. The molecule has 1 aliphatic carbocycles. The average molecular weight is 201 g/mol. The Labute approximate surface area is 82.5 Å². The summed E-state index contributed by atoms with van der Waals surface area (Å²) in [6.45, 7) is 2.22. The standard InChI is InChI=1S/C10H10Cl2/c1-6-2-3-8-9(6)4-7(11)5-10(8)12/h4-6H,2-3H2,1H3. The third kappa shape index (κ3) is 1.23. The normalized spacial score (nSPS) is 21.1. The van der Waals surface area contributed by atoms with Crippen LogP contribution in [-0.2, 0) is 6.42 Å². The number of halogens is 2. The number of rotatable bonds is 0. The van der Waals surface area contributed by atoms with Crippen LogP contribution in [0.2, 0.25) is 10.0 Å². The number of benzene rings is 1. The summed E-state index contributed by atoms with van der Waals surface area (Å²) in [5.41, 5.74) is 2.64. The van der Waals surface area contributed by atoms with Gasteiger partial charge in [-0.3, -0.25) is 0 Å². The fourth-order valence-corrected chi connectivity index (χ4v) is 2.45. The van der Waals surface area contributed by atoms with E-state index in [1.54, 1.807) is 0 Å². The van der Waals surface area contributed by atoms with E-state index in [0.717, 1.165) is 16.5 Å². The quantitative estimate of drug-likeness (QED) is 0.594. The van der Waals surface area contributed by atoms with Gasteiger partial charge in [-0.15, -0.1) is 0 Å². The minimum absolute atomic E-state index is 0.621. The van der Waals surface area contributed by atoms with Gasteiger partial charge in [0.05, 0.1) is 0 Å². The summed E-state index contributed by atoms with van der Waals surface area (Å²) in [5, 5.41) is 1.59. The first-order valence-electron chi connectivity index (χ1n) is 4.16. The van der Waals surface area contributed by atoms with E-state index in [-0.39, 0.29) is 0 Å². The second-order valence-electron chi connectivity index (χ2n) is 3.40. The Morgan fingerprint density at radius 3 is 2.83 bits per heavy atom. The monoisotopic (exact) mass is 200 g/mol. The van der Waals surface area contributed by atoms with Gasteiger partial charge in [0.2, 0.25) is 0 Å². The second-order valence-corrected chi connectivity index (χ2v) is 4.24. The van der Waals surface area contributed by atoms with Gasteiger partial charge in [0, 0.05) is 10.0 Å². The molecule has 1 atom stereocenters. The molecule has 0 nitrogen and oxygen atoms in total. The Morgan fingerprint density at radius 1 is 1.33 bits per heavy atom. The molecule has 1 aromatic rings. The van der Waals surface area contributed by atoms with Crippen LogP contribution in [0.15, 0.2) is 12.1 Å². The van der Waals surface area contributed by atoms with Crippen molar-refractivity contribution in [2.45, 2.75) is 25.7 Å². The molecule has 0 saturated heterocycles. The minimum Gasteiger partial charge on any atom is -0.0843 e. The van der Waals surface area contributed by atoms with Gasteiger partial charge >= 0.3 is 0 Å². The van der Waals surface area contributed by atoms with Crippen LogP contribution in [0, 0.1) is 0 Å². The number of hydrogen-bond donors (Lipinski definition) is 0. The molecule has 0 N–H and O–H groups in total. The molecule has 0 aromatic heterocycles. The van der Waals surface area contributed by atoms with Crippen molar-refractivity contribution in [3.8, 4) is 0 Å². The summed E-state index contributed by atoms with van der Waals surface area (Å²) < 4.78 is 0. The first-order chi connectivity index (χ1) is 5.68. The van der Waals surface area contributed by atoms with Crippen molar-refractivity contribution in [1.29, 1.82) is 0 Å². The van der Waals surface area contributed by atoms with Crippen molar-refractivity contribution in [3.63, 3.8) is 0 Å². The molecule has 1 unspecified atom stereocenters. The molecular formula is C10H10Cl2. The van der Waals surface area contributed by atoms with E-state index >= 15 is 0 Å². The lowest BCUT2D eigenvalue weighted by molar-refractivity contribution is 0.747. The molecule has 1 aromatic carbocycles. The van der Waals surface area contributed by atoms with Gasteiger partial charge in [0.1, 0.15) is 0 Å². The maximum absolute atomic E-state index is 6.06. The van der Waals surface area contributed by atoms with Crippen LogP contribution in [-0.4, -0.2) is 0 Å². The molecule has 2 rings (SSSR count). The molecule has 2 heteroatoms. The van der Waals surface area contributed by atoms with E-state index in [9.17, 15) is 0 Å². The Morgan fingerprint density at radius 2 is 2.08 bits per heavy atom. The molecule has 64 valence electrons. The van der Waals surface area contributed by atoms with Crippen LogP contribution < -0.4 is 0 Å². The van der Waals surface area contributed by atoms with E-state index in [0.29, 0.717) is 5.92 Å². The first kappa shape index (κ1) is 8.40. The Bertz CT molecular complexity index is 318. The van der Waals surface area contributed by atoms with Crippen molar-refractivity contribution >= 4 is 23.2 Å². The summed E-state index contributed by atoms with van der Waals surface area (Å²) in [7, 11) is 0. The molecule has 0 spiro atoms. The van der Waals surface area contributed by atoms with E-state index in [1.807, 2.05) is 12.1 Å². The van der Waals surface area contributed by atoms with Gasteiger partial charge in [-0.25, -0.2) is 0 Å². The van der Waals surface area contributed by atoms with Gasteiger partial charge in [0.25, 0.3) is 0 Å². The predicted octanol–water partition coefficient (Wildman–Crippen LogP) is 4.04. The van der Waals surface area contributed by atoms with Crippen molar-refractivity contribution in [3.05, 3.63) is 33.3 Å². The van der Waals surface area contributed by atoms with E-state index in [2.05, 4.69) is 6.92 Å². The van der Waals surface area contributed by atoms with Gasteiger partial charge in [-0.05, 0) is 42.0 Å². The van der Waals surface area contributed by atoms with Gasteiger partial charge < -0.3 is 0 Å². The topological polar surface area (TPSA) is 0 Å². The molecule has 0 heterocycles. The molecule has 0 bridgehead atoms. The molecule has 0 aliphatic heterocycles. The summed E-state index contributed by atoms with van der Waals surface area (Å²) in [6.07, 6.45) is 2.31. The lowest BCUT2D eigenvalue weighted by Gasteiger charge is -2.05. The summed E-state index contributed by atoms with van der Waals surface area (Å²) in [4.78, 5) is 0. The Balaban J connectivity index is 2.60. The first-order valence-corrected chi connectivity index (χ1v) is 4.92. The summed E-state index contributed by atoms with van der Waals surface area (Å²) in [6, 6.07) is 3.88. The molecule has 0 saturated carbocycles. The van der Waals surface area contributed by atoms with Crippen LogP contribution in [0.3, 0.4) is 0 Å². The van der Waals surface area contributed by atoms with Crippen LogP contribution >= 0.6 is 23.2 Å². The highest BCUT2D eigenvalue weighted by Gasteiger charge is 2.21. The van der Waals surface area contributed by atoms with Crippen molar-refractivity contribution in [1.82, 2.24) is 0 Å². The fourth-order valence-electron chi connectivity index (χ4n) is 1.84. The molecular weight excluding hydrogens is 191 g/mol. The van der Waals surface area contributed by atoms with Crippen molar-refractivity contribution < 1.29 is 0 Å². The predicted molar refractivity (Wildman–Crippen MR) is 53.2 cm³/mol. The van der Waals surface area contributed by atoms with E-state index in [1.165, 1.54) is 17.5 Å². The van der Waals surface area contributed by atoms with E-state index < -0.39 is 0 Å². The van der Waals surface area contributed by atoms with E-state index in [4.69, 9.17) is 23.2 Å². The zero-order valence-electron chi connectivity index (χ0n) is 6.90. The maximum atomic E-state index is 6.06. The summed E-state index contributed by atoms with van der Waals surface area (Å²) >= 11 is 12.0. The smallest absolute Gasteiger partial charge is 0.0455 e. The highest BCUT2D eigenvalue weighted by Crippen LogP contribution is 2.38. The lowest BCUT2D eigenvalue weighted by atomic mass is 10.0. The van der Waals surface area contributed by atoms with Crippen LogP contribution in [0.1, 0.15) is 30.4 Å². The zero-order chi connectivity index (χ0) is 8.72. The average Bonchev–Trinajstić information content (AvgIpc) is 2.33. The SMILES string of the molecule is CC1CCc2c(Cl)cc(Cl)cc21. The third-order valence-corrected chi connectivity index (χ3v) is 3.11. The molecule has 0 radical (unpaired) electrons. The number of hydrogen-bond acceptors (Lipinski definition) is 0. The van der Waals surface area contributed by atoms with Crippen LogP contribution in [0.5, 0.6) is 0 Å². The molecule has 0 amide bonds. The zero-order valence-corrected chi connectivity index (χ0v) is 8.41. The molecule has 1 aliphatic rings. The minimum atomic E-state index is 0.621. The highest BCUT2D eigenvalue weighted by molar-refractivity contribution is 6.35. The summed E-state index contributed by atoms with van der Waals surface area (Å²) in [5.74, 6) is 0.621. The Hall–Kier alpha value is -0.200. The van der Waals surface area contributed by atoms with Gasteiger partial charge in [0.15, 0.2) is 0 Å². The fraction of sp³-hybridized carbons (Fsp3) is 0.400. The lowest BCUT2D eigenvalue weighted by Crippen LogP contribution is -1.86. The van der Waals surface area contributed by atoms with Gasteiger partial charge in [-0.2, -0.15) is 0 Å². The second kappa shape index (κ2) is 2.93. The third-order valence-electron chi connectivity index (χ3n) is 2.55. The van der Waals surface area contributed by atoms with Crippen molar-refractivity contribution in [2.75, 3.05) is 0 Å². The molecule has 12 heavy (non-hydrogen) atoms. The van der Waals surface area contributed by atoms with Gasteiger partial charge in [-0.1, -0.05) is 30.1 Å². The van der Waals surface area contributed by atoms with Crippen LogP contribution in [0.4, 0.5) is 0 Å².